The highest BCUT2D eigenvalue weighted by Gasteiger charge is 2.20. The van der Waals surface area contributed by atoms with Crippen LogP contribution in [0.3, 0.4) is 0 Å². The van der Waals surface area contributed by atoms with Crippen molar-refractivity contribution in [3.63, 3.8) is 0 Å². The second kappa shape index (κ2) is 15.0. The van der Waals surface area contributed by atoms with E-state index < -0.39 is 0 Å². The highest BCUT2D eigenvalue weighted by molar-refractivity contribution is 6.14. The summed E-state index contributed by atoms with van der Waals surface area (Å²) in [5.41, 5.74) is 9.23. The molecule has 0 radical (unpaired) electrons. The van der Waals surface area contributed by atoms with E-state index in [-0.39, 0.29) is 11.1 Å². The zero-order valence-corrected chi connectivity index (χ0v) is 28.3. The Kier molecular flexibility index (Phi) is 10.1. The molecule has 0 saturated carbocycles. The van der Waals surface area contributed by atoms with Crippen molar-refractivity contribution in [1.29, 1.82) is 0 Å². The molecule has 0 aliphatic rings. The van der Waals surface area contributed by atoms with E-state index in [1.807, 2.05) is 137 Å². The first kappa shape index (κ1) is 33.1. The molecule has 9 nitrogen and oxygen atoms in total. The molecular formula is C40H41N7O2. The van der Waals surface area contributed by atoms with Gasteiger partial charge in [-0.3, -0.25) is 29.8 Å². The highest BCUT2D eigenvalue weighted by atomic mass is 16.1. The number of nitrogens with zero attached hydrogens (tertiary/aromatic N) is 4. The minimum atomic E-state index is -0.138. The lowest BCUT2D eigenvalue weighted by Gasteiger charge is -2.08. The maximum Gasteiger partial charge on any atom is 0.280 e. The molecule has 0 saturated heterocycles. The van der Waals surface area contributed by atoms with Gasteiger partial charge in [0.2, 0.25) is 0 Å². The molecule has 2 heterocycles. The summed E-state index contributed by atoms with van der Waals surface area (Å²) in [4.78, 5) is 37.3. The lowest BCUT2D eigenvalue weighted by Crippen LogP contribution is -2.25. The van der Waals surface area contributed by atoms with Crippen LogP contribution < -0.4 is 16.4 Å². The molecule has 6 rings (SSSR count). The van der Waals surface area contributed by atoms with Crippen molar-refractivity contribution in [2.45, 2.75) is 27.7 Å². The Morgan fingerprint density at radius 3 is 1.29 bits per heavy atom. The third-order valence-electron chi connectivity index (χ3n) is 8.41. The molecule has 0 amide bonds. The van der Waals surface area contributed by atoms with Gasteiger partial charge in [0.15, 0.2) is 0 Å². The fraction of sp³-hybridized carbons (Fsp3) is 0.200. The first-order valence-electron chi connectivity index (χ1n) is 16.5. The maximum absolute atomic E-state index is 13.7. The molecule has 248 valence electrons. The van der Waals surface area contributed by atoms with Crippen molar-refractivity contribution in [3.05, 3.63) is 175 Å². The number of nitrogens with one attached hydrogen (secondary N) is 3. The van der Waals surface area contributed by atoms with E-state index in [1.54, 1.807) is 9.36 Å². The van der Waals surface area contributed by atoms with Crippen LogP contribution in [0.2, 0.25) is 0 Å². The van der Waals surface area contributed by atoms with Crippen molar-refractivity contribution in [1.82, 2.24) is 24.9 Å². The largest absolute Gasteiger partial charge is 0.313 e. The molecule has 0 aliphatic carbocycles. The first-order chi connectivity index (χ1) is 23.8. The van der Waals surface area contributed by atoms with Crippen molar-refractivity contribution in [3.8, 4) is 11.4 Å². The summed E-state index contributed by atoms with van der Waals surface area (Å²) in [6.45, 7) is 9.96. The van der Waals surface area contributed by atoms with Gasteiger partial charge in [-0.25, -0.2) is 9.36 Å². The Morgan fingerprint density at radius 2 is 0.918 bits per heavy atom. The predicted molar refractivity (Wildman–Crippen MR) is 198 cm³/mol. The molecular weight excluding hydrogens is 610 g/mol. The van der Waals surface area contributed by atoms with Crippen LogP contribution in [0.1, 0.15) is 44.8 Å². The lowest BCUT2D eigenvalue weighted by molar-refractivity contribution is 0.697. The summed E-state index contributed by atoms with van der Waals surface area (Å²) in [5, 5.41) is 9.92. The summed E-state index contributed by atoms with van der Waals surface area (Å²) in [6.07, 6.45) is 0. The number of aliphatic imine (C=N–C) groups is 2. The highest BCUT2D eigenvalue weighted by Crippen LogP contribution is 2.16. The SMILES string of the molecule is Cc1ccc(-n2[nH]c(C)c(C(=NCCNCCN=C(c3ccccc3)c3c(C)[nH]n(-c4ccc(C)cc4)c3=O)c3ccccc3)c2=O)cc1. The van der Waals surface area contributed by atoms with E-state index in [1.165, 1.54) is 0 Å². The van der Waals surface area contributed by atoms with Crippen LogP contribution in [0.15, 0.2) is 129 Å². The van der Waals surface area contributed by atoms with Crippen LogP contribution in [0.25, 0.3) is 11.4 Å². The van der Waals surface area contributed by atoms with E-state index in [2.05, 4.69) is 15.5 Å². The molecule has 49 heavy (non-hydrogen) atoms. The third-order valence-corrected chi connectivity index (χ3v) is 8.41. The van der Waals surface area contributed by atoms with Crippen LogP contribution >= 0.6 is 0 Å². The maximum atomic E-state index is 13.7. The van der Waals surface area contributed by atoms with Crippen LogP contribution in [0.4, 0.5) is 0 Å². The second-order valence-corrected chi connectivity index (χ2v) is 12.1. The minimum Gasteiger partial charge on any atom is -0.313 e. The van der Waals surface area contributed by atoms with Gasteiger partial charge in [0, 0.05) is 35.6 Å². The van der Waals surface area contributed by atoms with Gasteiger partial charge in [-0.15, -0.1) is 0 Å². The molecule has 0 aliphatic heterocycles. The smallest absolute Gasteiger partial charge is 0.280 e. The summed E-state index contributed by atoms with van der Waals surface area (Å²) in [6, 6.07) is 35.3. The molecule has 0 unspecified atom stereocenters. The van der Waals surface area contributed by atoms with Crippen molar-refractivity contribution in [2.75, 3.05) is 26.2 Å². The minimum absolute atomic E-state index is 0.138. The Labute approximate surface area is 285 Å². The third kappa shape index (κ3) is 7.37. The number of aromatic nitrogens is 4. The van der Waals surface area contributed by atoms with Gasteiger partial charge in [-0.05, 0) is 52.0 Å². The number of aryl methyl sites for hydroxylation is 4. The van der Waals surface area contributed by atoms with Gasteiger partial charge in [0.1, 0.15) is 0 Å². The number of hydrogen-bond acceptors (Lipinski definition) is 5. The molecule has 0 spiro atoms. The predicted octanol–water partition coefficient (Wildman–Crippen LogP) is 5.84. The molecule has 3 N–H and O–H groups in total. The van der Waals surface area contributed by atoms with E-state index in [0.717, 1.165) is 45.0 Å². The Bertz CT molecular complexity index is 2040. The van der Waals surface area contributed by atoms with E-state index in [4.69, 9.17) is 9.98 Å². The van der Waals surface area contributed by atoms with Crippen LogP contribution in [-0.2, 0) is 0 Å². The summed E-state index contributed by atoms with van der Waals surface area (Å²) in [5.74, 6) is 0. The van der Waals surface area contributed by atoms with Crippen LogP contribution in [-0.4, -0.2) is 57.2 Å². The van der Waals surface area contributed by atoms with Gasteiger partial charge < -0.3 is 5.32 Å². The topological polar surface area (TPSA) is 112 Å². The molecule has 9 heteroatoms. The van der Waals surface area contributed by atoms with Crippen molar-refractivity contribution in [2.24, 2.45) is 9.98 Å². The summed E-state index contributed by atoms with van der Waals surface area (Å²) in [7, 11) is 0. The Hall–Kier alpha value is -5.80. The summed E-state index contributed by atoms with van der Waals surface area (Å²) >= 11 is 0. The molecule has 0 fully saturated rings. The lowest BCUT2D eigenvalue weighted by atomic mass is 10.0. The second-order valence-electron chi connectivity index (χ2n) is 12.1. The Morgan fingerprint density at radius 1 is 0.551 bits per heavy atom. The van der Waals surface area contributed by atoms with Gasteiger partial charge in [0.25, 0.3) is 11.1 Å². The van der Waals surface area contributed by atoms with Gasteiger partial charge >= 0.3 is 0 Å². The number of rotatable bonds is 12. The molecule has 6 aromatic rings. The van der Waals surface area contributed by atoms with Crippen LogP contribution in [0, 0.1) is 27.7 Å². The van der Waals surface area contributed by atoms with E-state index in [0.29, 0.717) is 48.7 Å². The fourth-order valence-electron chi connectivity index (χ4n) is 5.84. The number of benzene rings is 4. The normalized spacial score (nSPS) is 12.1. The molecule has 4 aromatic carbocycles. The monoisotopic (exact) mass is 651 g/mol. The van der Waals surface area contributed by atoms with Gasteiger partial charge in [-0.1, -0.05) is 96.1 Å². The zero-order valence-electron chi connectivity index (χ0n) is 28.3. The van der Waals surface area contributed by atoms with Gasteiger partial charge in [0.05, 0.1) is 47.0 Å². The zero-order chi connectivity index (χ0) is 34.3. The fourth-order valence-corrected chi connectivity index (χ4v) is 5.84. The average Bonchev–Trinajstić information content (AvgIpc) is 3.58. The van der Waals surface area contributed by atoms with Crippen LogP contribution in [0.5, 0.6) is 0 Å². The molecule has 0 bridgehead atoms. The van der Waals surface area contributed by atoms with E-state index >= 15 is 0 Å². The standard InChI is InChI=1S/C40H41N7O2/c1-27-15-19-33(20-16-27)46-39(48)35(29(3)44-46)37(31-11-7-5-8-12-31)42-25-23-41-24-26-43-38(32-13-9-6-10-14-32)36-30(4)45-47(40(36)49)34-21-17-28(2)18-22-34/h5-22,41,44-45H,23-26H2,1-4H3. The van der Waals surface area contributed by atoms with E-state index in [9.17, 15) is 9.59 Å². The average molecular weight is 652 g/mol. The van der Waals surface area contributed by atoms with Crippen molar-refractivity contribution < 1.29 is 0 Å². The quantitative estimate of drug-likeness (QED) is 0.114. The molecule has 0 atom stereocenters. The van der Waals surface area contributed by atoms with Crippen molar-refractivity contribution >= 4 is 11.4 Å². The van der Waals surface area contributed by atoms with Gasteiger partial charge in [-0.2, -0.15) is 0 Å². The summed E-state index contributed by atoms with van der Waals surface area (Å²) < 4.78 is 3.15. The number of H-pyrrole nitrogens is 2. The Balaban J connectivity index is 1.19. The number of aromatic amines is 2. The first-order valence-corrected chi connectivity index (χ1v) is 16.5. The number of hydrogen-bond donors (Lipinski definition) is 3. The molecule has 2 aromatic heterocycles.